The highest BCUT2D eigenvalue weighted by Crippen LogP contribution is 2.20. The molecule has 1 aromatic heterocycles. The predicted molar refractivity (Wildman–Crippen MR) is 81.1 cm³/mol. The van der Waals surface area contributed by atoms with E-state index < -0.39 is 0 Å². The number of hydrogen-bond donors (Lipinski definition) is 2. The molecule has 1 aromatic rings. The molecule has 1 fully saturated rings. The third-order valence-electron chi connectivity index (χ3n) is 3.77. The summed E-state index contributed by atoms with van der Waals surface area (Å²) in [5, 5.41) is 12.2. The summed E-state index contributed by atoms with van der Waals surface area (Å²) in [7, 11) is 0. The monoisotopic (exact) mass is 292 g/mol. The van der Waals surface area contributed by atoms with Crippen LogP contribution in [0.4, 0.5) is 5.82 Å². The molecule has 0 aliphatic carbocycles. The Balaban J connectivity index is 1.95. The first kappa shape index (κ1) is 15.7. The maximum Gasteiger partial charge on any atom is 0.274 e. The second-order valence-electron chi connectivity index (χ2n) is 5.49. The number of carbonyl (C=O) groups is 1. The van der Waals surface area contributed by atoms with Crippen molar-refractivity contribution in [2.45, 2.75) is 32.6 Å². The molecule has 1 saturated heterocycles. The van der Waals surface area contributed by atoms with Crippen molar-refractivity contribution < 1.29 is 9.90 Å². The van der Waals surface area contributed by atoms with Crippen LogP contribution in [0.25, 0.3) is 0 Å². The van der Waals surface area contributed by atoms with Gasteiger partial charge < -0.3 is 15.3 Å². The van der Waals surface area contributed by atoms with Crippen LogP contribution < -0.4 is 5.32 Å². The number of amides is 1. The largest absolute Gasteiger partial charge is 0.396 e. The molecule has 0 saturated carbocycles. The molecule has 116 valence electrons. The first-order chi connectivity index (χ1) is 10.2. The van der Waals surface area contributed by atoms with Crippen molar-refractivity contribution >= 4 is 11.7 Å². The zero-order chi connectivity index (χ0) is 15.1. The minimum atomic E-state index is -0.0628. The van der Waals surface area contributed by atoms with E-state index in [1.165, 1.54) is 6.20 Å². The summed E-state index contributed by atoms with van der Waals surface area (Å²) in [5.41, 5.74) is 0.390. The second-order valence-corrected chi connectivity index (χ2v) is 5.49. The van der Waals surface area contributed by atoms with Crippen molar-refractivity contribution in [2.75, 3.05) is 31.6 Å². The minimum absolute atomic E-state index is 0.0628. The van der Waals surface area contributed by atoms with Gasteiger partial charge in [-0.05, 0) is 31.6 Å². The molecular weight excluding hydrogens is 268 g/mol. The van der Waals surface area contributed by atoms with E-state index in [0.717, 1.165) is 38.8 Å². The number of nitrogens with one attached hydrogen (secondary N) is 1. The molecule has 0 bridgehead atoms. The molecule has 6 nitrogen and oxygen atoms in total. The van der Waals surface area contributed by atoms with Crippen molar-refractivity contribution in [1.29, 1.82) is 0 Å². The van der Waals surface area contributed by atoms with E-state index in [1.807, 2.05) is 4.90 Å². The van der Waals surface area contributed by atoms with Gasteiger partial charge in [0.1, 0.15) is 11.5 Å². The summed E-state index contributed by atoms with van der Waals surface area (Å²) in [6.07, 6.45) is 6.99. The van der Waals surface area contributed by atoms with Crippen LogP contribution >= 0.6 is 0 Å². The maximum atomic E-state index is 12.4. The topological polar surface area (TPSA) is 78.4 Å². The number of hydrogen-bond acceptors (Lipinski definition) is 5. The summed E-state index contributed by atoms with van der Waals surface area (Å²) in [6, 6.07) is 0. The molecule has 0 spiro atoms. The Labute approximate surface area is 125 Å². The molecule has 2 heterocycles. The second kappa shape index (κ2) is 7.93. The third-order valence-corrected chi connectivity index (χ3v) is 3.77. The van der Waals surface area contributed by atoms with Gasteiger partial charge in [-0.2, -0.15) is 0 Å². The van der Waals surface area contributed by atoms with Gasteiger partial charge in [0.25, 0.3) is 5.91 Å². The molecule has 1 aliphatic heterocycles. The summed E-state index contributed by atoms with van der Waals surface area (Å²) < 4.78 is 0. The van der Waals surface area contributed by atoms with Gasteiger partial charge in [0.15, 0.2) is 0 Å². The smallest absolute Gasteiger partial charge is 0.274 e. The van der Waals surface area contributed by atoms with Gasteiger partial charge in [0, 0.05) is 26.2 Å². The average Bonchev–Trinajstić information content (AvgIpc) is 2.53. The standard InChI is InChI=1S/C15H24N4O2/c1-2-6-16-14-10-17-13(9-18-14)15(21)19-7-3-4-12(11-19)5-8-20/h9-10,12,20H,2-8,11H2,1H3,(H,16,18). The number of anilines is 1. The molecule has 1 unspecified atom stereocenters. The van der Waals surface area contributed by atoms with Crippen LogP contribution in [0.15, 0.2) is 12.4 Å². The van der Waals surface area contributed by atoms with E-state index in [0.29, 0.717) is 24.0 Å². The molecule has 1 amide bonds. The maximum absolute atomic E-state index is 12.4. The number of nitrogens with zero attached hydrogens (tertiary/aromatic N) is 3. The summed E-state index contributed by atoms with van der Waals surface area (Å²) in [6.45, 7) is 4.58. The Bertz CT molecular complexity index is 447. The van der Waals surface area contributed by atoms with Gasteiger partial charge in [0.2, 0.25) is 0 Å². The van der Waals surface area contributed by atoms with E-state index in [1.54, 1.807) is 6.20 Å². The summed E-state index contributed by atoms with van der Waals surface area (Å²) >= 11 is 0. The molecule has 0 radical (unpaired) electrons. The van der Waals surface area contributed by atoms with E-state index >= 15 is 0 Å². The van der Waals surface area contributed by atoms with E-state index in [2.05, 4.69) is 22.2 Å². The Morgan fingerprint density at radius 3 is 3.00 bits per heavy atom. The van der Waals surface area contributed by atoms with Crippen LogP contribution in [-0.2, 0) is 0 Å². The molecule has 1 aliphatic rings. The van der Waals surface area contributed by atoms with Crippen molar-refractivity contribution in [2.24, 2.45) is 5.92 Å². The summed E-state index contributed by atoms with van der Waals surface area (Å²) in [5.74, 6) is 1.03. The van der Waals surface area contributed by atoms with E-state index in [-0.39, 0.29) is 12.5 Å². The quantitative estimate of drug-likeness (QED) is 0.831. The first-order valence-corrected chi connectivity index (χ1v) is 7.70. The highest BCUT2D eigenvalue weighted by atomic mass is 16.3. The lowest BCUT2D eigenvalue weighted by Gasteiger charge is -2.32. The van der Waals surface area contributed by atoms with Crippen molar-refractivity contribution in [1.82, 2.24) is 14.9 Å². The highest BCUT2D eigenvalue weighted by Gasteiger charge is 2.25. The number of carbonyl (C=O) groups excluding carboxylic acids is 1. The number of aliphatic hydroxyl groups excluding tert-OH is 1. The number of aromatic nitrogens is 2. The van der Waals surface area contributed by atoms with Crippen molar-refractivity contribution in [3.63, 3.8) is 0 Å². The molecule has 2 N–H and O–H groups in total. The lowest BCUT2D eigenvalue weighted by Crippen LogP contribution is -2.40. The Hall–Kier alpha value is -1.69. The molecule has 6 heteroatoms. The number of piperidine rings is 1. The van der Waals surface area contributed by atoms with Gasteiger partial charge in [-0.15, -0.1) is 0 Å². The number of likely N-dealkylation sites (tertiary alicyclic amines) is 1. The number of aliphatic hydroxyl groups is 1. The van der Waals surface area contributed by atoms with Gasteiger partial charge in [-0.3, -0.25) is 4.79 Å². The van der Waals surface area contributed by atoms with Gasteiger partial charge >= 0.3 is 0 Å². The van der Waals surface area contributed by atoms with E-state index in [9.17, 15) is 4.79 Å². The Kier molecular flexibility index (Phi) is 5.92. The third kappa shape index (κ3) is 4.39. The fourth-order valence-corrected chi connectivity index (χ4v) is 2.61. The van der Waals surface area contributed by atoms with Gasteiger partial charge in [-0.25, -0.2) is 9.97 Å². The van der Waals surface area contributed by atoms with Crippen LogP contribution in [0.5, 0.6) is 0 Å². The van der Waals surface area contributed by atoms with Crippen LogP contribution in [0, 0.1) is 5.92 Å². The first-order valence-electron chi connectivity index (χ1n) is 7.70. The molecule has 21 heavy (non-hydrogen) atoms. The normalized spacial score (nSPS) is 18.6. The predicted octanol–water partition coefficient (Wildman–Crippen LogP) is 1.53. The lowest BCUT2D eigenvalue weighted by atomic mass is 9.95. The zero-order valence-electron chi connectivity index (χ0n) is 12.6. The van der Waals surface area contributed by atoms with Crippen molar-refractivity contribution in [3.05, 3.63) is 18.1 Å². The fraction of sp³-hybridized carbons (Fsp3) is 0.667. The highest BCUT2D eigenvalue weighted by molar-refractivity contribution is 5.92. The Morgan fingerprint density at radius 1 is 1.48 bits per heavy atom. The van der Waals surface area contributed by atoms with Crippen LogP contribution in [-0.4, -0.2) is 52.1 Å². The molecular formula is C15H24N4O2. The van der Waals surface area contributed by atoms with Crippen molar-refractivity contribution in [3.8, 4) is 0 Å². The molecule has 2 rings (SSSR count). The van der Waals surface area contributed by atoms with Crippen LogP contribution in [0.3, 0.4) is 0 Å². The zero-order valence-corrected chi connectivity index (χ0v) is 12.6. The number of rotatable bonds is 6. The summed E-state index contributed by atoms with van der Waals surface area (Å²) in [4.78, 5) is 22.7. The van der Waals surface area contributed by atoms with E-state index in [4.69, 9.17) is 5.11 Å². The van der Waals surface area contributed by atoms with Gasteiger partial charge in [0.05, 0.1) is 12.4 Å². The minimum Gasteiger partial charge on any atom is -0.396 e. The molecule has 0 aromatic carbocycles. The SMILES string of the molecule is CCCNc1cnc(C(=O)N2CCCC(CCO)C2)cn1. The van der Waals surface area contributed by atoms with Crippen LogP contribution in [0.2, 0.25) is 0 Å². The fourth-order valence-electron chi connectivity index (χ4n) is 2.61. The van der Waals surface area contributed by atoms with Crippen LogP contribution in [0.1, 0.15) is 43.1 Å². The Morgan fingerprint density at radius 2 is 2.33 bits per heavy atom. The molecule has 1 atom stereocenters. The van der Waals surface area contributed by atoms with Gasteiger partial charge in [-0.1, -0.05) is 6.92 Å². The average molecular weight is 292 g/mol. The lowest BCUT2D eigenvalue weighted by molar-refractivity contribution is 0.0647.